The van der Waals surface area contributed by atoms with Crippen molar-refractivity contribution >= 4 is 29.6 Å². The summed E-state index contributed by atoms with van der Waals surface area (Å²) in [5.41, 5.74) is 1.57. The molecule has 1 N–H and O–H groups in total. The van der Waals surface area contributed by atoms with Gasteiger partial charge >= 0.3 is 6.03 Å². The third kappa shape index (κ3) is 3.39. The van der Waals surface area contributed by atoms with Gasteiger partial charge in [-0.15, -0.1) is 0 Å². The van der Waals surface area contributed by atoms with Gasteiger partial charge in [0.25, 0.3) is 11.8 Å². The number of rotatable bonds is 4. The standard InChI is InChI=1S/C20H18N2O5/c1-12-6-4-5-7-15(12)22-19(24)14(18(23)21-20(22)25)10-13-8-9-16(26-2)17(11-13)27-3/h4-11H,1-3H3,(H,21,23,25). The maximum Gasteiger partial charge on any atom is 0.335 e. The average molecular weight is 366 g/mol. The summed E-state index contributed by atoms with van der Waals surface area (Å²) >= 11 is 0. The van der Waals surface area contributed by atoms with E-state index in [1.54, 1.807) is 49.4 Å². The molecule has 0 bridgehead atoms. The molecule has 1 fully saturated rings. The first-order valence-corrected chi connectivity index (χ1v) is 8.15. The summed E-state index contributed by atoms with van der Waals surface area (Å²) < 4.78 is 10.4. The summed E-state index contributed by atoms with van der Waals surface area (Å²) in [6.07, 6.45) is 1.41. The molecule has 1 saturated heterocycles. The highest BCUT2D eigenvalue weighted by Gasteiger charge is 2.37. The maximum atomic E-state index is 12.9. The van der Waals surface area contributed by atoms with Crippen molar-refractivity contribution < 1.29 is 23.9 Å². The van der Waals surface area contributed by atoms with E-state index in [1.165, 1.54) is 20.3 Å². The minimum Gasteiger partial charge on any atom is -0.493 e. The van der Waals surface area contributed by atoms with Crippen molar-refractivity contribution in [2.24, 2.45) is 0 Å². The van der Waals surface area contributed by atoms with E-state index in [1.807, 2.05) is 0 Å². The zero-order valence-electron chi connectivity index (χ0n) is 15.1. The van der Waals surface area contributed by atoms with Crippen LogP contribution >= 0.6 is 0 Å². The minimum absolute atomic E-state index is 0.148. The zero-order chi connectivity index (χ0) is 19.6. The molecular formula is C20H18N2O5. The SMILES string of the molecule is COc1ccc(C=C2C(=O)NC(=O)N(c3ccccc3C)C2=O)cc1OC. The molecule has 2 aromatic carbocycles. The molecule has 2 aromatic rings. The van der Waals surface area contributed by atoms with Gasteiger partial charge in [-0.25, -0.2) is 9.69 Å². The number of hydrogen-bond donors (Lipinski definition) is 1. The molecule has 27 heavy (non-hydrogen) atoms. The Morgan fingerprint density at radius 2 is 1.67 bits per heavy atom. The third-order valence-electron chi connectivity index (χ3n) is 4.18. The Hall–Kier alpha value is -3.61. The number of imide groups is 2. The lowest BCUT2D eigenvalue weighted by Gasteiger charge is -2.27. The summed E-state index contributed by atoms with van der Waals surface area (Å²) in [4.78, 5) is 38.4. The molecule has 0 aliphatic carbocycles. The number of benzene rings is 2. The number of urea groups is 1. The number of carbonyl (C=O) groups is 3. The van der Waals surface area contributed by atoms with Crippen molar-refractivity contribution in [2.75, 3.05) is 19.1 Å². The van der Waals surface area contributed by atoms with Crippen LogP contribution in [0.15, 0.2) is 48.0 Å². The van der Waals surface area contributed by atoms with E-state index in [9.17, 15) is 14.4 Å². The first-order valence-electron chi connectivity index (χ1n) is 8.15. The van der Waals surface area contributed by atoms with Crippen LogP contribution in [0.2, 0.25) is 0 Å². The van der Waals surface area contributed by atoms with Crippen molar-refractivity contribution in [1.29, 1.82) is 0 Å². The summed E-state index contributed by atoms with van der Waals surface area (Å²) in [5, 5.41) is 2.21. The fourth-order valence-corrected chi connectivity index (χ4v) is 2.80. The molecule has 3 rings (SSSR count). The number of nitrogens with one attached hydrogen (secondary N) is 1. The summed E-state index contributed by atoms with van der Waals surface area (Å²) in [6.45, 7) is 1.78. The Morgan fingerprint density at radius 3 is 2.33 bits per heavy atom. The second-order valence-corrected chi connectivity index (χ2v) is 5.86. The van der Waals surface area contributed by atoms with Crippen molar-refractivity contribution in [2.45, 2.75) is 6.92 Å². The highest BCUT2D eigenvalue weighted by atomic mass is 16.5. The van der Waals surface area contributed by atoms with Gasteiger partial charge in [0.05, 0.1) is 19.9 Å². The molecular weight excluding hydrogens is 348 g/mol. The minimum atomic E-state index is -0.774. The lowest BCUT2D eigenvalue weighted by Crippen LogP contribution is -2.54. The van der Waals surface area contributed by atoms with E-state index in [4.69, 9.17) is 9.47 Å². The Balaban J connectivity index is 2.03. The molecule has 1 aliphatic rings. The molecule has 1 aliphatic heterocycles. The highest BCUT2D eigenvalue weighted by Crippen LogP contribution is 2.29. The molecule has 0 spiro atoms. The zero-order valence-corrected chi connectivity index (χ0v) is 15.1. The molecule has 0 saturated carbocycles. The summed E-state index contributed by atoms with van der Waals surface area (Å²) in [7, 11) is 3.01. The second-order valence-electron chi connectivity index (χ2n) is 5.86. The van der Waals surface area contributed by atoms with Gasteiger partial charge in [-0.05, 0) is 42.3 Å². The number of aryl methyl sites for hydroxylation is 1. The number of methoxy groups -OCH3 is 2. The van der Waals surface area contributed by atoms with Crippen molar-refractivity contribution in [1.82, 2.24) is 5.32 Å². The maximum absolute atomic E-state index is 12.9. The first-order chi connectivity index (χ1) is 13.0. The predicted octanol–water partition coefficient (Wildman–Crippen LogP) is 2.68. The van der Waals surface area contributed by atoms with Gasteiger partial charge in [0, 0.05) is 0 Å². The molecule has 4 amide bonds. The smallest absolute Gasteiger partial charge is 0.335 e. The third-order valence-corrected chi connectivity index (χ3v) is 4.18. The lowest BCUT2D eigenvalue weighted by atomic mass is 10.1. The molecule has 0 aromatic heterocycles. The number of para-hydroxylation sites is 1. The molecule has 7 heteroatoms. The van der Waals surface area contributed by atoms with Crippen molar-refractivity contribution in [3.63, 3.8) is 0 Å². The number of anilines is 1. The van der Waals surface area contributed by atoms with Crippen molar-refractivity contribution in [3.05, 3.63) is 59.2 Å². The predicted molar refractivity (Wildman–Crippen MR) is 99.7 cm³/mol. The van der Waals surface area contributed by atoms with E-state index in [0.717, 1.165) is 10.5 Å². The van der Waals surface area contributed by atoms with Crippen LogP contribution in [0.5, 0.6) is 11.5 Å². The van der Waals surface area contributed by atoms with Gasteiger partial charge in [0.1, 0.15) is 5.57 Å². The van der Waals surface area contributed by atoms with E-state index < -0.39 is 17.8 Å². The average Bonchev–Trinajstić information content (AvgIpc) is 2.66. The molecule has 0 radical (unpaired) electrons. The van der Waals surface area contributed by atoms with E-state index in [2.05, 4.69) is 5.32 Å². The van der Waals surface area contributed by atoms with Gasteiger partial charge in [-0.2, -0.15) is 0 Å². The normalized spacial score (nSPS) is 15.7. The molecule has 7 nitrogen and oxygen atoms in total. The number of nitrogens with zero attached hydrogens (tertiary/aromatic N) is 1. The van der Waals surface area contributed by atoms with Crippen LogP contribution in [0, 0.1) is 6.92 Å². The Labute approximate surface area is 156 Å². The fraction of sp³-hybridized carbons (Fsp3) is 0.150. The quantitative estimate of drug-likeness (QED) is 0.664. The Kier molecular flexibility index (Phi) is 4.94. The lowest BCUT2D eigenvalue weighted by molar-refractivity contribution is -0.122. The van der Waals surface area contributed by atoms with Crippen molar-refractivity contribution in [3.8, 4) is 11.5 Å². The Bertz CT molecular complexity index is 965. The van der Waals surface area contributed by atoms with Crippen LogP contribution in [-0.2, 0) is 9.59 Å². The van der Waals surface area contributed by atoms with Crippen LogP contribution in [0.25, 0.3) is 6.08 Å². The summed E-state index contributed by atoms with van der Waals surface area (Å²) in [6, 6.07) is 11.2. The number of barbiturate groups is 1. The van der Waals surface area contributed by atoms with Crippen LogP contribution in [0.3, 0.4) is 0 Å². The van der Waals surface area contributed by atoms with Gasteiger partial charge in [0.15, 0.2) is 11.5 Å². The van der Waals surface area contributed by atoms with Crippen LogP contribution < -0.4 is 19.7 Å². The van der Waals surface area contributed by atoms with E-state index in [0.29, 0.717) is 22.7 Å². The summed E-state index contributed by atoms with van der Waals surface area (Å²) in [5.74, 6) is -0.449. The number of carbonyl (C=O) groups excluding carboxylic acids is 3. The van der Waals surface area contributed by atoms with Crippen LogP contribution in [0.1, 0.15) is 11.1 Å². The molecule has 138 valence electrons. The Morgan fingerprint density at radius 1 is 0.963 bits per heavy atom. The van der Waals surface area contributed by atoms with E-state index >= 15 is 0 Å². The number of ether oxygens (including phenoxy) is 2. The topological polar surface area (TPSA) is 84.9 Å². The van der Waals surface area contributed by atoms with Gasteiger partial charge < -0.3 is 9.47 Å². The first kappa shape index (κ1) is 18.2. The fourth-order valence-electron chi connectivity index (χ4n) is 2.80. The van der Waals surface area contributed by atoms with Gasteiger partial charge in [-0.3, -0.25) is 14.9 Å². The number of amides is 4. The van der Waals surface area contributed by atoms with Gasteiger partial charge in [-0.1, -0.05) is 24.3 Å². The second kappa shape index (κ2) is 7.33. The van der Waals surface area contributed by atoms with Crippen LogP contribution in [0.4, 0.5) is 10.5 Å². The molecule has 0 atom stereocenters. The monoisotopic (exact) mass is 366 g/mol. The highest BCUT2D eigenvalue weighted by molar-refractivity contribution is 6.39. The van der Waals surface area contributed by atoms with Crippen LogP contribution in [-0.4, -0.2) is 32.1 Å². The number of hydrogen-bond acceptors (Lipinski definition) is 5. The largest absolute Gasteiger partial charge is 0.493 e. The van der Waals surface area contributed by atoms with E-state index in [-0.39, 0.29) is 5.57 Å². The molecule has 0 unspecified atom stereocenters. The molecule has 1 heterocycles. The van der Waals surface area contributed by atoms with Gasteiger partial charge in [0.2, 0.25) is 0 Å².